The average molecular weight is 497 g/mol. The lowest BCUT2D eigenvalue weighted by atomic mass is 9.88. The molecule has 0 aromatic heterocycles. The minimum absolute atomic E-state index is 0.107. The van der Waals surface area contributed by atoms with Crippen LogP contribution in [0.3, 0.4) is 0 Å². The van der Waals surface area contributed by atoms with Gasteiger partial charge in [0.25, 0.3) is 5.91 Å². The van der Waals surface area contributed by atoms with Crippen LogP contribution in [0.15, 0.2) is 47.4 Å². The molecule has 0 spiro atoms. The number of alkyl halides is 3. The van der Waals surface area contributed by atoms with Crippen molar-refractivity contribution in [2.24, 2.45) is 0 Å². The largest absolute Gasteiger partial charge is 0.416 e. The molecule has 0 aliphatic carbocycles. The number of sulfone groups is 1. The van der Waals surface area contributed by atoms with Crippen LogP contribution in [-0.2, 0) is 20.8 Å². The first-order valence-corrected chi connectivity index (χ1v) is 13.1. The SMILES string of the molecule is CS(=O)(=O)c1ccc(C2CCOCC2)c(C(=O)N2CCN(c3ccc(C(F)(F)F)cc3)CC2)c1. The maximum Gasteiger partial charge on any atom is 0.416 e. The quantitative estimate of drug-likeness (QED) is 0.641. The van der Waals surface area contributed by atoms with Gasteiger partial charge in [0.1, 0.15) is 0 Å². The molecule has 0 saturated carbocycles. The van der Waals surface area contributed by atoms with Gasteiger partial charge in [0, 0.05) is 56.9 Å². The number of ether oxygens (including phenoxy) is 1. The van der Waals surface area contributed by atoms with E-state index in [0.29, 0.717) is 50.6 Å². The number of carbonyl (C=O) groups is 1. The summed E-state index contributed by atoms with van der Waals surface area (Å²) in [6.45, 7) is 2.90. The van der Waals surface area contributed by atoms with E-state index in [9.17, 15) is 26.4 Å². The second kappa shape index (κ2) is 9.58. The van der Waals surface area contributed by atoms with E-state index in [-0.39, 0.29) is 16.7 Å². The molecule has 2 aromatic rings. The predicted octanol–water partition coefficient (Wildman–Crippen LogP) is 3.97. The number of rotatable bonds is 4. The minimum Gasteiger partial charge on any atom is -0.381 e. The molecule has 6 nitrogen and oxygen atoms in total. The fourth-order valence-electron chi connectivity index (χ4n) is 4.52. The van der Waals surface area contributed by atoms with Crippen LogP contribution in [0.4, 0.5) is 18.9 Å². The molecule has 0 N–H and O–H groups in total. The van der Waals surface area contributed by atoms with E-state index >= 15 is 0 Å². The van der Waals surface area contributed by atoms with Crippen molar-refractivity contribution in [2.75, 3.05) is 50.5 Å². The van der Waals surface area contributed by atoms with Gasteiger partial charge in [-0.05, 0) is 60.7 Å². The summed E-state index contributed by atoms with van der Waals surface area (Å²) >= 11 is 0. The van der Waals surface area contributed by atoms with Crippen molar-refractivity contribution in [3.05, 3.63) is 59.2 Å². The summed E-state index contributed by atoms with van der Waals surface area (Å²) in [7, 11) is -3.48. The van der Waals surface area contributed by atoms with Gasteiger partial charge in [0.05, 0.1) is 10.5 Å². The van der Waals surface area contributed by atoms with Crippen molar-refractivity contribution < 1.29 is 31.1 Å². The summed E-state index contributed by atoms with van der Waals surface area (Å²) in [5.41, 5.74) is 1.21. The zero-order valence-electron chi connectivity index (χ0n) is 18.8. The van der Waals surface area contributed by atoms with Crippen molar-refractivity contribution in [3.8, 4) is 0 Å². The number of amides is 1. The third-order valence-electron chi connectivity index (χ3n) is 6.47. The van der Waals surface area contributed by atoms with Crippen LogP contribution < -0.4 is 4.90 Å². The number of nitrogens with zero attached hydrogens (tertiary/aromatic N) is 2. The molecule has 34 heavy (non-hydrogen) atoms. The van der Waals surface area contributed by atoms with Crippen LogP contribution in [0.1, 0.15) is 40.2 Å². The number of hydrogen-bond acceptors (Lipinski definition) is 5. The van der Waals surface area contributed by atoms with E-state index in [1.807, 2.05) is 4.90 Å². The first-order chi connectivity index (χ1) is 16.0. The Hall–Kier alpha value is -2.59. The molecule has 0 bridgehead atoms. The number of piperazine rings is 1. The zero-order chi connectivity index (χ0) is 24.5. The summed E-state index contributed by atoms with van der Waals surface area (Å²) in [6.07, 6.45) is -1.74. The summed E-state index contributed by atoms with van der Waals surface area (Å²) in [5.74, 6) is -0.103. The lowest BCUT2D eigenvalue weighted by Gasteiger charge is -2.37. The first-order valence-electron chi connectivity index (χ1n) is 11.2. The van der Waals surface area contributed by atoms with Gasteiger partial charge in [-0.1, -0.05) is 6.07 Å². The second-order valence-electron chi connectivity index (χ2n) is 8.73. The van der Waals surface area contributed by atoms with Crippen LogP contribution in [-0.4, -0.2) is 64.9 Å². The monoisotopic (exact) mass is 496 g/mol. The highest BCUT2D eigenvalue weighted by Crippen LogP contribution is 2.33. The van der Waals surface area contributed by atoms with Crippen molar-refractivity contribution >= 4 is 21.4 Å². The molecule has 2 saturated heterocycles. The smallest absolute Gasteiger partial charge is 0.381 e. The van der Waals surface area contributed by atoms with Gasteiger partial charge >= 0.3 is 6.18 Å². The van der Waals surface area contributed by atoms with E-state index in [1.54, 1.807) is 17.0 Å². The zero-order valence-corrected chi connectivity index (χ0v) is 19.7. The Morgan fingerprint density at radius 1 is 0.971 bits per heavy atom. The molecule has 4 rings (SSSR count). The Morgan fingerprint density at radius 2 is 1.59 bits per heavy atom. The molecule has 0 unspecified atom stereocenters. The minimum atomic E-state index is -4.38. The normalized spacial score (nSPS) is 18.2. The van der Waals surface area contributed by atoms with E-state index < -0.39 is 21.6 Å². The molecule has 10 heteroatoms. The third kappa shape index (κ3) is 5.38. The molecule has 0 atom stereocenters. The summed E-state index contributed by atoms with van der Waals surface area (Å²) in [5, 5.41) is 0. The van der Waals surface area contributed by atoms with Crippen LogP contribution in [0.2, 0.25) is 0 Å². The molecular formula is C24H27F3N2O4S. The lowest BCUT2D eigenvalue weighted by Crippen LogP contribution is -2.49. The molecule has 2 aromatic carbocycles. The lowest BCUT2D eigenvalue weighted by molar-refractivity contribution is -0.137. The Morgan fingerprint density at radius 3 is 2.15 bits per heavy atom. The Kier molecular flexibility index (Phi) is 6.91. The predicted molar refractivity (Wildman–Crippen MR) is 122 cm³/mol. The standard InChI is InChI=1S/C24H27F3N2O4S/c1-34(31,32)20-6-7-21(17-8-14-33-15-9-17)22(16-20)23(30)29-12-10-28(11-13-29)19-4-2-18(3-5-19)24(25,26)27/h2-7,16-17H,8-15H2,1H3. The van der Waals surface area contributed by atoms with E-state index in [4.69, 9.17) is 4.74 Å². The molecule has 2 heterocycles. The van der Waals surface area contributed by atoms with Gasteiger partial charge < -0.3 is 14.5 Å². The van der Waals surface area contributed by atoms with E-state index in [2.05, 4.69) is 0 Å². The molecule has 184 valence electrons. The van der Waals surface area contributed by atoms with Gasteiger partial charge in [0.15, 0.2) is 9.84 Å². The maximum atomic E-state index is 13.5. The Bertz CT molecular complexity index is 1140. The Balaban J connectivity index is 1.52. The van der Waals surface area contributed by atoms with Crippen LogP contribution in [0.25, 0.3) is 0 Å². The van der Waals surface area contributed by atoms with Gasteiger partial charge in [0.2, 0.25) is 0 Å². The maximum absolute atomic E-state index is 13.5. The fourth-order valence-corrected chi connectivity index (χ4v) is 5.16. The summed E-state index contributed by atoms with van der Waals surface area (Å²) in [6, 6.07) is 9.79. The number of halogens is 3. The van der Waals surface area contributed by atoms with Crippen molar-refractivity contribution in [1.82, 2.24) is 4.90 Å². The highest BCUT2D eigenvalue weighted by atomic mass is 32.2. The van der Waals surface area contributed by atoms with Gasteiger partial charge in [-0.2, -0.15) is 13.2 Å². The molecule has 2 aliphatic heterocycles. The number of benzene rings is 2. The van der Waals surface area contributed by atoms with Crippen molar-refractivity contribution in [1.29, 1.82) is 0 Å². The average Bonchev–Trinajstić information content (AvgIpc) is 2.83. The Labute approximate surface area is 197 Å². The van der Waals surface area contributed by atoms with Crippen LogP contribution >= 0.6 is 0 Å². The fraction of sp³-hybridized carbons (Fsp3) is 0.458. The molecule has 0 radical (unpaired) electrons. The van der Waals surface area contributed by atoms with Gasteiger partial charge in [-0.25, -0.2) is 8.42 Å². The molecule has 2 fully saturated rings. The topological polar surface area (TPSA) is 66.9 Å². The van der Waals surface area contributed by atoms with E-state index in [0.717, 1.165) is 36.8 Å². The second-order valence-corrected chi connectivity index (χ2v) is 10.7. The number of carbonyl (C=O) groups excluding carboxylic acids is 1. The molecule has 1 amide bonds. The van der Waals surface area contributed by atoms with Gasteiger partial charge in [-0.15, -0.1) is 0 Å². The first kappa shape index (κ1) is 24.5. The van der Waals surface area contributed by atoms with Crippen molar-refractivity contribution in [3.63, 3.8) is 0 Å². The third-order valence-corrected chi connectivity index (χ3v) is 7.58. The van der Waals surface area contributed by atoms with E-state index in [1.165, 1.54) is 18.2 Å². The van der Waals surface area contributed by atoms with Crippen LogP contribution in [0.5, 0.6) is 0 Å². The highest BCUT2D eigenvalue weighted by molar-refractivity contribution is 7.90. The summed E-state index contributed by atoms with van der Waals surface area (Å²) in [4.78, 5) is 17.2. The summed E-state index contributed by atoms with van der Waals surface area (Å²) < 4.78 is 68.2. The number of hydrogen-bond donors (Lipinski definition) is 0. The molecule has 2 aliphatic rings. The number of anilines is 1. The van der Waals surface area contributed by atoms with Crippen molar-refractivity contribution in [2.45, 2.75) is 29.8 Å². The van der Waals surface area contributed by atoms with Gasteiger partial charge in [-0.3, -0.25) is 4.79 Å². The van der Waals surface area contributed by atoms with Crippen LogP contribution in [0, 0.1) is 0 Å². The highest BCUT2D eigenvalue weighted by Gasteiger charge is 2.31. The molecular weight excluding hydrogens is 469 g/mol.